The molecule has 190 valence electrons. The number of ether oxygens (including phenoxy) is 2. The van der Waals surface area contributed by atoms with E-state index < -0.39 is 65.0 Å². The number of halogens is 12. The minimum Gasteiger partial charge on any atom is -0.395 e. The Bertz CT molecular complexity index is 895. The molecule has 0 N–H and O–H groups in total. The van der Waals surface area contributed by atoms with Crippen molar-refractivity contribution in [1.82, 2.24) is 0 Å². The zero-order valence-corrected chi connectivity index (χ0v) is 16.0. The third-order valence-corrected chi connectivity index (χ3v) is 4.03. The third kappa shape index (κ3) is 4.70. The zero-order valence-electron chi connectivity index (χ0n) is 16.0. The molecule has 0 bridgehead atoms. The maximum atomic E-state index is 14.9. The van der Waals surface area contributed by atoms with Gasteiger partial charge in [0.15, 0.2) is 0 Å². The third-order valence-electron chi connectivity index (χ3n) is 4.03. The molecule has 0 radical (unpaired) electrons. The monoisotopic (exact) mass is 518 g/mol. The number of carbonyl (C=O) groups is 2. The molecule has 0 saturated carbocycles. The Kier molecular flexibility index (Phi) is 7.52. The Morgan fingerprint density at radius 1 is 0.647 bits per heavy atom. The van der Waals surface area contributed by atoms with E-state index in [1.807, 2.05) is 0 Å². The first kappa shape index (κ1) is 28.8. The number of carbonyl (C=O) groups excluding carboxylic acids is 2. The van der Waals surface area contributed by atoms with Crippen molar-refractivity contribution < 1.29 is 71.7 Å². The molecule has 4 nitrogen and oxygen atoms in total. The highest BCUT2D eigenvalue weighted by molar-refractivity contribution is 5.82. The van der Waals surface area contributed by atoms with Crippen molar-refractivity contribution in [3.63, 3.8) is 0 Å². The number of benzene rings is 1. The molecule has 0 saturated heterocycles. The second-order valence-corrected chi connectivity index (χ2v) is 6.18. The van der Waals surface area contributed by atoms with Crippen molar-refractivity contribution >= 4 is 11.9 Å². The first-order chi connectivity index (χ1) is 15.1. The fourth-order valence-electron chi connectivity index (χ4n) is 2.42. The van der Waals surface area contributed by atoms with Gasteiger partial charge < -0.3 is 9.47 Å². The summed E-state index contributed by atoms with van der Waals surface area (Å²) < 4.78 is 172. The molecule has 1 aromatic rings. The van der Waals surface area contributed by atoms with Gasteiger partial charge in [0.05, 0.1) is 0 Å². The van der Waals surface area contributed by atoms with Gasteiger partial charge in [0, 0.05) is 23.3 Å². The number of alkyl halides is 12. The van der Waals surface area contributed by atoms with Crippen LogP contribution in [0.25, 0.3) is 0 Å². The van der Waals surface area contributed by atoms with E-state index in [2.05, 4.69) is 22.6 Å². The van der Waals surface area contributed by atoms with Crippen LogP contribution in [0.15, 0.2) is 49.6 Å². The molecule has 0 aromatic heterocycles. The predicted molar refractivity (Wildman–Crippen MR) is 86.6 cm³/mol. The summed E-state index contributed by atoms with van der Waals surface area (Å²) in [5.74, 6) is -4.63. The quantitative estimate of drug-likeness (QED) is 0.249. The summed E-state index contributed by atoms with van der Waals surface area (Å²) in [5, 5.41) is 0. The molecule has 1 aromatic carbocycles. The summed E-state index contributed by atoms with van der Waals surface area (Å²) in [7, 11) is 0. The van der Waals surface area contributed by atoms with Gasteiger partial charge in [-0.1, -0.05) is 31.4 Å². The Morgan fingerprint density at radius 3 is 1.18 bits per heavy atom. The Morgan fingerprint density at radius 2 is 0.941 bits per heavy atom. The van der Waals surface area contributed by atoms with Gasteiger partial charge in [0.25, 0.3) is 0 Å². The van der Waals surface area contributed by atoms with Gasteiger partial charge in [-0.05, 0) is 6.07 Å². The zero-order chi connectivity index (χ0) is 27.0. The van der Waals surface area contributed by atoms with Crippen LogP contribution < -0.4 is 0 Å². The van der Waals surface area contributed by atoms with Crippen LogP contribution in [0.3, 0.4) is 0 Å². The molecule has 2 unspecified atom stereocenters. The van der Waals surface area contributed by atoms with Crippen molar-refractivity contribution in [3.05, 3.63) is 60.7 Å². The lowest BCUT2D eigenvalue weighted by Crippen LogP contribution is -2.56. The van der Waals surface area contributed by atoms with Crippen LogP contribution in [0.2, 0.25) is 0 Å². The SMILES string of the molecule is C=CC(=O)OC(F)(F)C(F)(c1cccc(C(F)(C(F)(F)F)C(F)(F)OC(=O)C=C)c1)C(F)(F)F. The van der Waals surface area contributed by atoms with Gasteiger partial charge >= 0.3 is 47.8 Å². The molecule has 0 spiro atoms. The standard InChI is InChI=1S/C18H10F12O4/c1-3-11(31)33-17(27,28)13(19,15(21,22)23)9-6-5-7-10(8-9)14(20,16(24,25)26)18(29,30)34-12(32)4-2/h3-8H,1-2H2. The first-order valence-electron chi connectivity index (χ1n) is 8.21. The van der Waals surface area contributed by atoms with E-state index >= 15 is 0 Å². The number of rotatable bonds is 8. The summed E-state index contributed by atoms with van der Waals surface area (Å²) >= 11 is 0. The average Bonchev–Trinajstić information content (AvgIpc) is 2.69. The Balaban J connectivity index is 3.92. The summed E-state index contributed by atoms with van der Waals surface area (Å²) in [5.41, 5.74) is -17.5. The highest BCUT2D eigenvalue weighted by atomic mass is 19.4. The second-order valence-electron chi connectivity index (χ2n) is 6.18. The van der Waals surface area contributed by atoms with Crippen molar-refractivity contribution in [2.24, 2.45) is 0 Å². The highest BCUT2D eigenvalue weighted by Gasteiger charge is 2.77. The van der Waals surface area contributed by atoms with E-state index in [0.29, 0.717) is 0 Å². The van der Waals surface area contributed by atoms with Crippen LogP contribution in [0, 0.1) is 0 Å². The number of hydrogen-bond donors (Lipinski definition) is 0. The summed E-state index contributed by atoms with van der Waals surface area (Å²) in [6.45, 7) is 5.15. The molecular formula is C18H10F12O4. The minimum absolute atomic E-state index is 0.110. The van der Waals surface area contributed by atoms with Crippen molar-refractivity contribution in [2.45, 2.75) is 35.9 Å². The van der Waals surface area contributed by atoms with E-state index in [-0.39, 0.29) is 30.4 Å². The van der Waals surface area contributed by atoms with Gasteiger partial charge in [-0.3, -0.25) is 0 Å². The lowest BCUT2D eigenvalue weighted by atomic mass is 9.86. The van der Waals surface area contributed by atoms with Gasteiger partial charge in [-0.25, -0.2) is 18.4 Å². The lowest BCUT2D eigenvalue weighted by Gasteiger charge is -2.36. The van der Waals surface area contributed by atoms with Gasteiger partial charge in [0.1, 0.15) is 0 Å². The fraction of sp³-hybridized carbons (Fsp3) is 0.333. The Hall–Kier alpha value is -3.20. The van der Waals surface area contributed by atoms with E-state index in [4.69, 9.17) is 0 Å². The fourth-order valence-corrected chi connectivity index (χ4v) is 2.42. The van der Waals surface area contributed by atoms with Crippen molar-refractivity contribution in [1.29, 1.82) is 0 Å². The Labute approximate surface area is 181 Å². The number of hydrogen-bond acceptors (Lipinski definition) is 4. The molecule has 1 rings (SSSR count). The average molecular weight is 518 g/mol. The lowest BCUT2D eigenvalue weighted by molar-refractivity contribution is -0.377. The predicted octanol–water partition coefficient (Wildman–Crippen LogP) is 5.78. The molecular weight excluding hydrogens is 508 g/mol. The highest BCUT2D eigenvalue weighted by Crippen LogP contribution is 2.56. The van der Waals surface area contributed by atoms with Crippen molar-refractivity contribution in [3.8, 4) is 0 Å². The van der Waals surface area contributed by atoms with Gasteiger partial charge in [-0.2, -0.15) is 43.9 Å². The summed E-state index contributed by atoms with van der Waals surface area (Å²) in [6.07, 6.45) is -26.2. The maximum absolute atomic E-state index is 14.9. The van der Waals surface area contributed by atoms with E-state index in [9.17, 15) is 62.3 Å². The van der Waals surface area contributed by atoms with E-state index in [1.54, 1.807) is 0 Å². The molecule has 0 aliphatic heterocycles. The largest absolute Gasteiger partial charge is 0.449 e. The van der Waals surface area contributed by atoms with Crippen LogP contribution in [0.5, 0.6) is 0 Å². The first-order valence-corrected chi connectivity index (χ1v) is 8.21. The van der Waals surface area contributed by atoms with Crippen molar-refractivity contribution in [2.75, 3.05) is 0 Å². The van der Waals surface area contributed by atoms with Gasteiger partial charge in [0.2, 0.25) is 0 Å². The number of esters is 2. The molecule has 2 atom stereocenters. The van der Waals surface area contributed by atoms with Crippen LogP contribution >= 0.6 is 0 Å². The molecule has 16 heteroatoms. The molecule has 0 aliphatic carbocycles. The molecule has 0 heterocycles. The van der Waals surface area contributed by atoms with Crippen LogP contribution in [0.1, 0.15) is 11.1 Å². The normalized spacial score (nSPS) is 16.6. The van der Waals surface area contributed by atoms with E-state index in [0.717, 1.165) is 0 Å². The molecule has 0 amide bonds. The molecule has 0 aliphatic rings. The van der Waals surface area contributed by atoms with Crippen LogP contribution in [-0.2, 0) is 30.4 Å². The topological polar surface area (TPSA) is 52.6 Å². The smallest absolute Gasteiger partial charge is 0.395 e. The summed E-state index contributed by atoms with van der Waals surface area (Å²) in [6, 6.07) is -1.61. The van der Waals surface area contributed by atoms with Crippen LogP contribution in [-0.4, -0.2) is 36.5 Å². The van der Waals surface area contributed by atoms with Crippen LogP contribution in [0.4, 0.5) is 52.7 Å². The van der Waals surface area contributed by atoms with E-state index in [1.165, 1.54) is 0 Å². The minimum atomic E-state index is -6.77. The summed E-state index contributed by atoms with van der Waals surface area (Å²) in [4.78, 5) is 21.9. The van der Waals surface area contributed by atoms with Gasteiger partial charge in [-0.15, -0.1) is 0 Å². The second kappa shape index (κ2) is 8.87. The molecule has 0 fully saturated rings. The maximum Gasteiger partial charge on any atom is 0.449 e. The molecule has 34 heavy (non-hydrogen) atoms.